The molecule has 40 heavy (non-hydrogen) atoms. The second-order valence-corrected chi connectivity index (χ2v) is 11.9. The minimum atomic E-state index is -0.525. The zero-order valence-electron chi connectivity index (χ0n) is 27.1. The van der Waals surface area contributed by atoms with Crippen molar-refractivity contribution >= 4 is 5.97 Å². The molecule has 0 saturated carbocycles. The van der Waals surface area contributed by atoms with Crippen molar-refractivity contribution in [2.75, 3.05) is 19.8 Å². The van der Waals surface area contributed by atoms with Gasteiger partial charge in [-0.05, 0) is 38.5 Å². The molecule has 1 N–H and O–H groups in total. The molecule has 0 fully saturated rings. The van der Waals surface area contributed by atoms with Crippen LogP contribution in [0, 0.1) is 0 Å². The van der Waals surface area contributed by atoms with Gasteiger partial charge in [0.2, 0.25) is 0 Å². The number of carbonyl (C=O) groups is 1. The number of esters is 1. The van der Waals surface area contributed by atoms with E-state index in [1.807, 2.05) is 0 Å². The number of hydrogen-bond acceptors (Lipinski definition) is 4. The second kappa shape index (κ2) is 34.3. The van der Waals surface area contributed by atoms with E-state index in [0.717, 1.165) is 19.3 Å². The van der Waals surface area contributed by atoms with Crippen LogP contribution in [0.25, 0.3) is 0 Å². The van der Waals surface area contributed by atoms with Gasteiger partial charge in [-0.3, -0.25) is 4.79 Å². The fourth-order valence-electron chi connectivity index (χ4n) is 5.15. The summed E-state index contributed by atoms with van der Waals surface area (Å²) in [5.41, 5.74) is 0. The molecular formula is C36H70O4. The van der Waals surface area contributed by atoms with Crippen molar-refractivity contribution in [2.24, 2.45) is 0 Å². The molecule has 0 aromatic heterocycles. The van der Waals surface area contributed by atoms with Gasteiger partial charge in [0.1, 0.15) is 6.10 Å². The normalized spacial score (nSPS) is 12.4. The van der Waals surface area contributed by atoms with Crippen LogP contribution < -0.4 is 0 Å². The highest BCUT2D eigenvalue weighted by Crippen LogP contribution is 2.13. The van der Waals surface area contributed by atoms with Gasteiger partial charge in [-0.2, -0.15) is 0 Å². The minimum Gasteiger partial charge on any atom is -0.457 e. The second-order valence-electron chi connectivity index (χ2n) is 11.9. The number of aliphatic hydroxyl groups excluding tert-OH is 1. The molecule has 0 rings (SSSR count). The van der Waals surface area contributed by atoms with Crippen molar-refractivity contribution in [3.05, 3.63) is 12.2 Å². The molecule has 0 radical (unpaired) electrons. The Morgan fingerprint density at radius 3 is 1.43 bits per heavy atom. The molecule has 0 aliphatic heterocycles. The molecule has 0 aliphatic carbocycles. The van der Waals surface area contributed by atoms with Crippen LogP contribution in [-0.2, 0) is 14.3 Å². The summed E-state index contributed by atoms with van der Waals surface area (Å²) in [4.78, 5) is 11.9. The molecule has 4 nitrogen and oxygen atoms in total. The average Bonchev–Trinajstić information content (AvgIpc) is 2.96. The van der Waals surface area contributed by atoms with E-state index in [0.29, 0.717) is 19.6 Å². The van der Waals surface area contributed by atoms with Gasteiger partial charge >= 0.3 is 5.97 Å². The van der Waals surface area contributed by atoms with Crippen LogP contribution in [0.15, 0.2) is 12.2 Å². The smallest absolute Gasteiger partial charge is 0.306 e. The molecule has 0 amide bonds. The van der Waals surface area contributed by atoms with Crippen molar-refractivity contribution < 1.29 is 19.4 Å². The maximum Gasteiger partial charge on any atom is 0.306 e. The van der Waals surface area contributed by atoms with Crippen LogP contribution in [-0.4, -0.2) is 37.0 Å². The lowest BCUT2D eigenvalue weighted by molar-refractivity contribution is -0.154. The SMILES string of the molecule is CCCCCCCCCC/C=C\CCCCCCCCCCCCOCC(CO)OC(=O)CCCCCCCC. The van der Waals surface area contributed by atoms with Gasteiger partial charge in [-0.25, -0.2) is 0 Å². The Kier molecular flexibility index (Phi) is 33.6. The third-order valence-corrected chi connectivity index (χ3v) is 7.84. The lowest BCUT2D eigenvalue weighted by atomic mass is 10.1. The number of carbonyl (C=O) groups excluding carboxylic acids is 1. The standard InChI is InChI=1S/C36H70O4/c1-3-5-7-9-11-12-13-14-15-16-17-18-19-20-21-22-23-24-25-26-28-30-32-39-34-35(33-37)40-36(38)31-29-27-10-8-6-4-2/h16-17,35,37H,3-15,18-34H2,1-2H3/b17-16-. The highest BCUT2D eigenvalue weighted by Gasteiger charge is 2.13. The van der Waals surface area contributed by atoms with Crippen LogP contribution in [0.2, 0.25) is 0 Å². The fraction of sp³-hybridized carbons (Fsp3) is 0.917. The van der Waals surface area contributed by atoms with Crippen LogP contribution >= 0.6 is 0 Å². The van der Waals surface area contributed by atoms with Crippen molar-refractivity contribution in [1.29, 1.82) is 0 Å². The zero-order valence-corrected chi connectivity index (χ0v) is 27.1. The summed E-state index contributed by atoms with van der Waals surface area (Å²) in [5.74, 6) is -0.209. The van der Waals surface area contributed by atoms with E-state index in [4.69, 9.17) is 9.47 Å². The highest BCUT2D eigenvalue weighted by molar-refractivity contribution is 5.69. The lowest BCUT2D eigenvalue weighted by Gasteiger charge is -2.15. The van der Waals surface area contributed by atoms with Crippen LogP contribution in [0.5, 0.6) is 0 Å². The first kappa shape index (κ1) is 39.1. The van der Waals surface area contributed by atoms with E-state index < -0.39 is 6.10 Å². The van der Waals surface area contributed by atoms with E-state index in [2.05, 4.69) is 26.0 Å². The molecule has 1 unspecified atom stereocenters. The maximum atomic E-state index is 11.9. The predicted molar refractivity (Wildman–Crippen MR) is 173 cm³/mol. The Hall–Kier alpha value is -0.870. The van der Waals surface area contributed by atoms with Gasteiger partial charge in [0, 0.05) is 13.0 Å². The van der Waals surface area contributed by atoms with Crippen LogP contribution in [0.3, 0.4) is 0 Å². The lowest BCUT2D eigenvalue weighted by Crippen LogP contribution is -2.27. The van der Waals surface area contributed by atoms with Gasteiger partial charge in [0.15, 0.2) is 0 Å². The molecule has 0 aromatic carbocycles. The Morgan fingerprint density at radius 2 is 0.975 bits per heavy atom. The Bertz CT molecular complexity index is 519. The Morgan fingerprint density at radius 1 is 0.575 bits per heavy atom. The summed E-state index contributed by atoms with van der Waals surface area (Å²) >= 11 is 0. The number of ether oxygens (including phenoxy) is 2. The molecule has 0 spiro atoms. The van der Waals surface area contributed by atoms with Crippen molar-refractivity contribution in [1.82, 2.24) is 0 Å². The average molecular weight is 567 g/mol. The van der Waals surface area contributed by atoms with E-state index in [1.54, 1.807) is 0 Å². The molecule has 0 heterocycles. The van der Waals surface area contributed by atoms with Crippen LogP contribution in [0.4, 0.5) is 0 Å². The molecule has 4 heteroatoms. The Labute approximate surface area is 250 Å². The Balaban J connectivity index is 3.33. The monoisotopic (exact) mass is 567 g/mol. The topological polar surface area (TPSA) is 55.8 Å². The van der Waals surface area contributed by atoms with Crippen molar-refractivity contribution in [3.63, 3.8) is 0 Å². The summed E-state index contributed by atoms with van der Waals surface area (Å²) in [6.07, 6.45) is 38.5. The number of aliphatic hydroxyl groups is 1. The summed E-state index contributed by atoms with van der Waals surface area (Å²) in [7, 11) is 0. The predicted octanol–water partition coefficient (Wildman–Crippen LogP) is 11.0. The molecule has 0 aromatic rings. The van der Waals surface area contributed by atoms with Gasteiger partial charge in [0.05, 0.1) is 13.2 Å². The van der Waals surface area contributed by atoms with Gasteiger partial charge in [0.25, 0.3) is 0 Å². The van der Waals surface area contributed by atoms with Crippen LogP contribution in [0.1, 0.15) is 187 Å². The summed E-state index contributed by atoms with van der Waals surface area (Å²) in [6, 6.07) is 0. The first-order valence-corrected chi connectivity index (χ1v) is 17.8. The summed E-state index contributed by atoms with van der Waals surface area (Å²) in [5, 5.41) is 9.47. The number of rotatable bonds is 33. The van der Waals surface area contributed by atoms with E-state index in [1.165, 1.54) is 148 Å². The van der Waals surface area contributed by atoms with E-state index in [-0.39, 0.29) is 12.6 Å². The van der Waals surface area contributed by atoms with Gasteiger partial charge < -0.3 is 14.6 Å². The van der Waals surface area contributed by atoms with Gasteiger partial charge in [-0.15, -0.1) is 0 Å². The first-order valence-electron chi connectivity index (χ1n) is 17.8. The minimum absolute atomic E-state index is 0.168. The molecular weight excluding hydrogens is 496 g/mol. The molecule has 0 saturated heterocycles. The number of hydrogen-bond donors (Lipinski definition) is 1. The zero-order chi connectivity index (χ0) is 29.2. The number of unbranched alkanes of at least 4 members (excludes halogenated alkanes) is 23. The highest BCUT2D eigenvalue weighted by atomic mass is 16.6. The quantitative estimate of drug-likeness (QED) is 0.0487. The maximum absolute atomic E-state index is 11.9. The molecule has 0 bridgehead atoms. The largest absolute Gasteiger partial charge is 0.457 e. The van der Waals surface area contributed by atoms with Crippen molar-refractivity contribution in [3.8, 4) is 0 Å². The molecule has 1 atom stereocenters. The van der Waals surface area contributed by atoms with E-state index in [9.17, 15) is 9.90 Å². The third-order valence-electron chi connectivity index (χ3n) is 7.84. The fourth-order valence-corrected chi connectivity index (χ4v) is 5.15. The van der Waals surface area contributed by atoms with E-state index >= 15 is 0 Å². The number of allylic oxidation sites excluding steroid dienone is 2. The van der Waals surface area contributed by atoms with Crippen molar-refractivity contribution in [2.45, 2.75) is 193 Å². The molecule has 238 valence electrons. The summed E-state index contributed by atoms with van der Waals surface area (Å²) in [6.45, 7) is 5.30. The molecule has 0 aliphatic rings. The summed E-state index contributed by atoms with van der Waals surface area (Å²) < 4.78 is 11.0. The van der Waals surface area contributed by atoms with Gasteiger partial charge in [-0.1, -0.05) is 154 Å². The first-order chi connectivity index (χ1) is 19.7. The third kappa shape index (κ3) is 31.7.